The standard InChI is InChI=1S/C9H5F2IN2O2/c1-16-9(15)5-2-4(12)7(8(10)11)6(3-13)14-5/h2,8H,1H3. The lowest BCUT2D eigenvalue weighted by atomic mass is 10.2. The molecule has 0 radical (unpaired) electrons. The summed E-state index contributed by atoms with van der Waals surface area (Å²) in [7, 11) is 1.14. The molecule has 0 spiro atoms. The number of carbonyl (C=O) groups excluding carboxylic acids is 1. The highest BCUT2D eigenvalue weighted by Gasteiger charge is 2.21. The predicted molar refractivity (Wildman–Crippen MR) is 58.0 cm³/mol. The Labute approximate surface area is 103 Å². The van der Waals surface area contributed by atoms with Gasteiger partial charge in [-0.2, -0.15) is 5.26 Å². The van der Waals surface area contributed by atoms with E-state index in [-0.39, 0.29) is 9.26 Å². The summed E-state index contributed by atoms with van der Waals surface area (Å²) in [6, 6.07) is 2.69. The molecule has 0 atom stereocenters. The average Bonchev–Trinajstić information content (AvgIpc) is 2.26. The average molecular weight is 338 g/mol. The van der Waals surface area contributed by atoms with E-state index in [0.29, 0.717) is 0 Å². The minimum Gasteiger partial charge on any atom is -0.464 e. The second kappa shape index (κ2) is 5.16. The molecule has 0 bridgehead atoms. The molecule has 0 N–H and O–H groups in total. The van der Waals surface area contributed by atoms with E-state index >= 15 is 0 Å². The molecule has 0 saturated carbocycles. The summed E-state index contributed by atoms with van der Waals surface area (Å²) in [5, 5.41) is 8.67. The zero-order valence-corrected chi connectivity index (χ0v) is 10.2. The van der Waals surface area contributed by atoms with Gasteiger partial charge in [-0.15, -0.1) is 0 Å². The number of aromatic nitrogens is 1. The van der Waals surface area contributed by atoms with Crippen molar-refractivity contribution >= 4 is 28.6 Å². The van der Waals surface area contributed by atoms with Gasteiger partial charge in [-0.05, 0) is 28.7 Å². The number of nitrogens with zero attached hydrogens (tertiary/aromatic N) is 2. The second-order valence-corrected chi connectivity index (χ2v) is 3.82. The topological polar surface area (TPSA) is 63.0 Å². The SMILES string of the molecule is COC(=O)c1cc(I)c(C(F)F)c(C#N)n1. The maximum absolute atomic E-state index is 12.6. The molecule has 1 aromatic heterocycles. The first-order chi connectivity index (χ1) is 7.51. The van der Waals surface area contributed by atoms with Crippen molar-refractivity contribution in [2.45, 2.75) is 6.43 Å². The van der Waals surface area contributed by atoms with Crippen LogP contribution in [0.5, 0.6) is 0 Å². The molecular formula is C9H5F2IN2O2. The number of carbonyl (C=O) groups is 1. The van der Waals surface area contributed by atoms with Crippen molar-refractivity contribution < 1.29 is 18.3 Å². The molecule has 0 saturated heterocycles. The third kappa shape index (κ3) is 2.44. The molecule has 84 valence electrons. The largest absolute Gasteiger partial charge is 0.464 e. The lowest BCUT2D eigenvalue weighted by Crippen LogP contribution is -2.09. The van der Waals surface area contributed by atoms with Crippen molar-refractivity contribution in [3.63, 3.8) is 0 Å². The number of methoxy groups -OCH3 is 1. The fraction of sp³-hybridized carbons (Fsp3) is 0.222. The van der Waals surface area contributed by atoms with E-state index < -0.39 is 23.7 Å². The maximum atomic E-state index is 12.6. The number of ether oxygens (including phenoxy) is 1. The molecule has 0 unspecified atom stereocenters. The van der Waals surface area contributed by atoms with Crippen LogP contribution in [0.15, 0.2) is 6.07 Å². The van der Waals surface area contributed by atoms with Crippen LogP contribution < -0.4 is 0 Å². The number of hydrogen-bond donors (Lipinski definition) is 0. The van der Waals surface area contributed by atoms with Crippen molar-refractivity contribution in [2.24, 2.45) is 0 Å². The molecule has 1 heterocycles. The number of nitriles is 1. The van der Waals surface area contributed by atoms with E-state index in [1.54, 1.807) is 22.6 Å². The summed E-state index contributed by atoms with van der Waals surface area (Å²) in [5.41, 5.74) is -1.08. The number of rotatable bonds is 2. The van der Waals surface area contributed by atoms with Crippen LogP contribution in [0.2, 0.25) is 0 Å². The Kier molecular flexibility index (Phi) is 4.12. The summed E-state index contributed by atoms with van der Waals surface area (Å²) in [6.45, 7) is 0. The van der Waals surface area contributed by atoms with Gasteiger partial charge in [0.1, 0.15) is 6.07 Å². The van der Waals surface area contributed by atoms with Crippen molar-refractivity contribution in [1.82, 2.24) is 4.98 Å². The number of esters is 1. The fourth-order valence-electron chi connectivity index (χ4n) is 1.03. The van der Waals surface area contributed by atoms with Crippen molar-refractivity contribution in [3.8, 4) is 6.07 Å². The highest BCUT2D eigenvalue weighted by molar-refractivity contribution is 14.1. The van der Waals surface area contributed by atoms with Crippen molar-refractivity contribution in [3.05, 3.63) is 26.6 Å². The van der Waals surface area contributed by atoms with Gasteiger partial charge in [0.05, 0.1) is 12.7 Å². The zero-order valence-electron chi connectivity index (χ0n) is 8.00. The van der Waals surface area contributed by atoms with Crippen molar-refractivity contribution in [1.29, 1.82) is 5.26 Å². The van der Waals surface area contributed by atoms with Gasteiger partial charge in [0.15, 0.2) is 11.4 Å². The van der Waals surface area contributed by atoms with Crippen LogP contribution in [0.3, 0.4) is 0 Å². The third-order valence-corrected chi connectivity index (χ3v) is 2.62. The van der Waals surface area contributed by atoms with E-state index in [0.717, 1.165) is 13.2 Å². The Morgan fingerprint density at radius 2 is 2.31 bits per heavy atom. The highest BCUT2D eigenvalue weighted by Crippen LogP contribution is 2.27. The van der Waals surface area contributed by atoms with E-state index in [1.165, 1.54) is 6.07 Å². The van der Waals surface area contributed by atoms with E-state index in [9.17, 15) is 13.6 Å². The van der Waals surface area contributed by atoms with Crippen molar-refractivity contribution in [2.75, 3.05) is 7.11 Å². The van der Waals surface area contributed by atoms with Crippen LogP contribution in [0.4, 0.5) is 8.78 Å². The van der Waals surface area contributed by atoms with Gasteiger partial charge >= 0.3 is 5.97 Å². The summed E-state index contributed by atoms with van der Waals surface area (Å²) >= 11 is 1.62. The maximum Gasteiger partial charge on any atom is 0.356 e. The number of halogens is 3. The van der Waals surface area contributed by atoms with Gasteiger partial charge in [0.25, 0.3) is 6.43 Å². The Morgan fingerprint density at radius 1 is 1.69 bits per heavy atom. The van der Waals surface area contributed by atoms with Gasteiger partial charge < -0.3 is 4.74 Å². The number of alkyl halides is 2. The van der Waals surface area contributed by atoms with Crippen LogP contribution in [0.25, 0.3) is 0 Å². The molecule has 0 amide bonds. The second-order valence-electron chi connectivity index (χ2n) is 2.66. The van der Waals surface area contributed by atoms with E-state index in [1.807, 2.05) is 0 Å². The first-order valence-electron chi connectivity index (χ1n) is 3.98. The smallest absolute Gasteiger partial charge is 0.356 e. The van der Waals surface area contributed by atoms with Gasteiger partial charge in [-0.25, -0.2) is 18.6 Å². The van der Waals surface area contributed by atoms with Crippen LogP contribution in [0.1, 0.15) is 28.2 Å². The van der Waals surface area contributed by atoms with Gasteiger partial charge in [-0.3, -0.25) is 0 Å². The number of pyridine rings is 1. The monoisotopic (exact) mass is 338 g/mol. The highest BCUT2D eigenvalue weighted by atomic mass is 127. The lowest BCUT2D eigenvalue weighted by Gasteiger charge is -2.06. The lowest BCUT2D eigenvalue weighted by molar-refractivity contribution is 0.0593. The quantitative estimate of drug-likeness (QED) is 0.613. The van der Waals surface area contributed by atoms with Crippen LogP contribution in [0, 0.1) is 14.9 Å². The van der Waals surface area contributed by atoms with Gasteiger partial charge in [-0.1, -0.05) is 0 Å². The molecule has 0 aliphatic carbocycles. The molecule has 0 aromatic carbocycles. The number of hydrogen-bond acceptors (Lipinski definition) is 4. The summed E-state index contributed by atoms with van der Waals surface area (Å²) in [6.07, 6.45) is -2.80. The molecule has 16 heavy (non-hydrogen) atoms. The first kappa shape index (κ1) is 12.8. The molecular weight excluding hydrogens is 333 g/mol. The minimum absolute atomic E-state index is 0.111. The molecule has 0 aliphatic rings. The fourth-order valence-corrected chi connectivity index (χ4v) is 1.81. The normalized spacial score (nSPS) is 10.0. The Bertz CT molecular complexity index is 471. The summed E-state index contributed by atoms with van der Waals surface area (Å²) < 4.78 is 29.7. The van der Waals surface area contributed by atoms with Crippen LogP contribution in [-0.4, -0.2) is 18.1 Å². The zero-order chi connectivity index (χ0) is 12.3. The van der Waals surface area contributed by atoms with Crippen LogP contribution in [-0.2, 0) is 4.74 Å². The molecule has 7 heteroatoms. The summed E-state index contributed by atoms with van der Waals surface area (Å²) in [4.78, 5) is 14.7. The molecule has 1 aromatic rings. The molecule has 1 rings (SSSR count). The van der Waals surface area contributed by atoms with Gasteiger partial charge in [0.2, 0.25) is 0 Å². The van der Waals surface area contributed by atoms with E-state index in [2.05, 4.69) is 9.72 Å². The predicted octanol–water partition coefficient (Wildman–Crippen LogP) is 2.28. The van der Waals surface area contributed by atoms with Crippen LogP contribution >= 0.6 is 22.6 Å². The first-order valence-corrected chi connectivity index (χ1v) is 5.06. The minimum atomic E-state index is -2.80. The Hall–Kier alpha value is -1.30. The van der Waals surface area contributed by atoms with E-state index in [4.69, 9.17) is 5.26 Å². The molecule has 4 nitrogen and oxygen atoms in total. The Balaban J connectivity index is 3.39. The third-order valence-electron chi connectivity index (χ3n) is 1.73. The summed E-state index contributed by atoms with van der Waals surface area (Å²) in [5.74, 6) is -0.768. The van der Waals surface area contributed by atoms with Gasteiger partial charge in [0, 0.05) is 3.57 Å². The Morgan fingerprint density at radius 3 is 2.75 bits per heavy atom. The molecule has 0 aliphatic heterocycles. The molecule has 0 fully saturated rings.